The fourth-order valence-corrected chi connectivity index (χ4v) is 4.01. The van der Waals surface area contributed by atoms with Gasteiger partial charge in [0.2, 0.25) is 11.8 Å². The molecule has 3 N–H and O–H groups in total. The number of primary amides is 1. The first-order valence-corrected chi connectivity index (χ1v) is 9.67. The summed E-state index contributed by atoms with van der Waals surface area (Å²) in [5, 5.41) is 4.90. The first-order valence-electron chi connectivity index (χ1n) is 8.68. The lowest BCUT2D eigenvalue weighted by molar-refractivity contribution is -0.124. The second kappa shape index (κ2) is 7.91. The molecule has 1 aromatic carbocycles. The zero-order valence-electron chi connectivity index (χ0n) is 15.0. The number of carbonyl (C=O) groups excluding carboxylic acids is 2. The van der Waals surface area contributed by atoms with E-state index >= 15 is 0 Å². The van der Waals surface area contributed by atoms with Crippen molar-refractivity contribution in [3.63, 3.8) is 0 Å². The molecule has 1 aliphatic rings. The van der Waals surface area contributed by atoms with Crippen LogP contribution in [-0.4, -0.2) is 28.6 Å². The van der Waals surface area contributed by atoms with E-state index in [1.165, 1.54) is 17.3 Å². The maximum Gasteiger partial charge on any atom is 0.230 e. The molecular formula is C20H23N3O2S. The highest BCUT2D eigenvalue weighted by Crippen LogP contribution is 2.25. The highest BCUT2D eigenvalue weighted by atomic mass is 32.2. The monoisotopic (exact) mass is 369 g/mol. The molecule has 5 nitrogen and oxygen atoms in total. The second-order valence-electron chi connectivity index (χ2n) is 6.71. The third kappa shape index (κ3) is 4.25. The lowest BCUT2D eigenvalue weighted by Gasteiger charge is -2.26. The van der Waals surface area contributed by atoms with Gasteiger partial charge in [0.1, 0.15) is 0 Å². The first-order chi connectivity index (χ1) is 12.4. The Labute approximate surface area is 157 Å². The molecule has 1 aromatic heterocycles. The average molecular weight is 369 g/mol. The molecule has 0 spiro atoms. The molecule has 136 valence electrons. The predicted molar refractivity (Wildman–Crippen MR) is 105 cm³/mol. The van der Waals surface area contributed by atoms with Gasteiger partial charge >= 0.3 is 0 Å². The van der Waals surface area contributed by atoms with E-state index < -0.39 is 0 Å². The molecule has 0 saturated carbocycles. The molecule has 0 radical (unpaired) electrons. The summed E-state index contributed by atoms with van der Waals surface area (Å²) in [6.45, 7) is 4.12. The summed E-state index contributed by atoms with van der Waals surface area (Å²) in [6.07, 6.45) is 5.14. The molecule has 0 fully saturated rings. The molecule has 0 bridgehead atoms. The molecule has 0 aliphatic heterocycles. The molecule has 2 atom stereocenters. The topological polar surface area (TPSA) is 85.1 Å². The number of amides is 2. The van der Waals surface area contributed by atoms with Crippen molar-refractivity contribution in [2.24, 2.45) is 11.7 Å². The number of carbonyl (C=O) groups is 2. The fourth-order valence-electron chi connectivity index (χ4n) is 3.23. The van der Waals surface area contributed by atoms with E-state index in [-0.39, 0.29) is 29.5 Å². The van der Waals surface area contributed by atoms with Crippen LogP contribution in [0.2, 0.25) is 0 Å². The van der Waals surface area contributed by atoms with E-state index in [2.05, 4.69) is 30.2 Å². The Hall–Kier alpha value is -2.34. The van der Waals surface area contributed by atoms with E-state index in [0.29, 0.717) is 12.8 Å². The van der Waals surface area contributed by atoms with Crippen molar-refractivity contribution in [1.82, 2.24) is 10.3 Å². The Morgan fingerprint density at radius 1 is 1.23 bits per heavy atom. The molecular weight excluding hydrogens is 346 g/mol. The Morgan fingerprint density at radius 3 is 2.77 bits per heavy atom. The summed E-state index contributed by atoms with van der Waals surface area (Å²) < 4.78 is 0. The van der Waals surface area contributed by atoms with E-state index in [9.17, 15) is 9.59 Å². The van der Waals surface area contributed by atoms with Gasteiger partial charge in [-0.2, -0.15) is 0 Å². The normalized spacial score (nSPS) is 19.5. The summed E-state index contributed by atoms with van der Waals surface area (Å²) in [5.74, 6) is -0.548. The van der Waals surface area contributed by atoms with Crippen LogP contribution in [0.25, 0.3) is 10.9 Å². The van der Waals surface area contributed by atoms with Crippen LogP contribution in [0, 0.1) is 19.8 Å². The molecule has 2 aromatic rings. The highest BCUT2D eigenvalue weighted by molar-refractivity contribution is 7.99. The number of allylic oxidation sites excluding steroid dienone is 1. The lowest BCUT2D eigenvalue weighted by atomic mass is 9.88. The fraction of sp³-hybridized carbons (Fsp3) is 0.350. The van der Waals surface area contributed by atoms with Gasteiger partial charge in [0.05, 0.1) is 22.2 Å². The van der Waals surface area contributed by atoms with Gasteiger partial charge in [-0.1, -0.05) is 35.5 Å². The summed E-state index contributed by atoms with van der Waals surface area (Å²) in [4.78, 5) is 28.5. The molecule has 0 saturated heterocycles. The van der Waals surface area contributed by atoms with E-state index in [1.54, 1.807) is 0 Å². The zero-order chi connectivity index (χ0) is 18.7. The largest absolute Gasteiger partial charge is 0.369 e. The third-order valence-electron chi connectivity index (χ3n) is 4.64. The van der Waals surface area contributed by atoms with E-state index in [4.69, 9.17) is 5.73 Å². The number of nitrogens with two attached hydrogens (primary N) is 1. The van der Waals surface area contributed by atoms with Gasteiger partial charge in [-0.15, -0.1) is 0 Å². The van der Waals surface area contributed by atoms with Crippen molar-refractivity contribution in [1.29, 1.82) is 0 Å². The van der Waals surface area contributed by atoms with Gasteiger partial charge in [-0.25, -0.2) is 4.98 Å². The average Bonchev–Trinajstić information content (AvgIpc) is 2.61. The number of aromatic nitrogens is 1. The standard InChI is InChI=1S/C20H23N3O2S/c1-12-7-8-17-15(9-12)13(2)10-19(23-17)26-11-18(24)22-16-6-4-3-5-14(16)20(21)25/h3-4,7-10,14,16H,5-6,11H2,1-2H3,(H2,21,25)(H,22,24)/t14-,16-/m1/s1. The van der Waals surface area contributed by atoms with Crippen LogP contribution >= 0.6 is 11.8 Å². The quantitative estimate of drug-likeness (QED) is 0.627. The Balaban J connectivity index is 1.64. The summed E-state index contributed by atoms with van der Waals surface area (Å²) in [7, 11) is 0. The van der Waals surface area contributed by atoms with Gasteiger partial charge in [0.25, 0.3) is 0 Å². The van der Waals surface area contributed by atoms with Gasteiger partial charge in [-0.3, -0.25) is 9.59 Å². The minimum absolute atomic E-state index is 0.106. The predicted octanol–water partition coefficient (Wildman–Crippen LogP) is 2.88. The van der Waals surface area contributed by atoms with Crippen molar-refractivity contribution >= 4 is 34.5 Å². The highest BCUT2D eigenvalue weighted by Gasteiger charge is 2.28. The Kier molecular flexibility index (Phi) is 5.61. The number of fused-ring (bicyclic) bond motifs is 1. The Morgan fingerprint density at radius 2 is 2.00 bits per heavy atom. The van der Waals surface area contributed by atoms with Gasteiger partial charge in [0.15, 0.2) is 0 Å². The van der Waals surface area contributed by atoms with Crippen molar-refractivity contribution in [3.8, 4) is 0 Å². The second-order valence-corrected chi connectivity index (χ2v) is 7.71. The minimum atomic E-state index is -0.366. The van der Waals surface area contributed by atoms with Crippen molar-refractivity contribution < 1.29 is 9.59 Å². The minimum Gasteiger partial charge on any atom is -0.369 e. The van der Waals surface area contributed by atoms with E-state index in [1.807, 2.05) is 30.4 Å². The SMILES string of the molecule is Cc1ccc2nc(SCC(=O)N[C@@H]3CC=CC[C@H]3C(N)=O)cc(C)c2c1. The van der Waals surface area contributed by atoms with Crippen LogP contribution in [0.3, 0.4) is 0 Å². The number of hydrogen-bond donors (Lipinski definition) is 2. The maximum atomic E-state index is 12.3. The molecule has 26 heavy (non-hydrogen) atoms. The van der Waals surface area contributed by atoms with Crippen LogP contribution in [0.4, 0.5) is 0 Å². The van der Waals surface area contributed by atoms with Gasteiger partial charge < -0.3 is 11.1 Å². The van der Waals surface area contributed by atoms with Crippen LogP contribution in [-0.2, 0) is 9.59 Å². The lowest BCUT2D eigenvalue weighted by Crippen LogP contribution is -2.46. The number of nitrogens with one attached hydrogen (secondary N) is 1. The van der Waals surface area contributed by atoms with Crippen LogP contribution < -0.4 is 11.1 Å². The Bertz CT molecular complexity index is 879. The number of pyridine rings is 1. The van der Waals surface area contributed by atoms with Crippen LogP contribution in [0.1, 0.15) is 24.0 Å². The third-order valence-corrected chi connectivity index (χ3v) is 5.55. The number of rotatable bonds is 5. The van der Waals surface area contributed by atoms with Crippen molar-refractivity contribution in [2.75, 3.05) is 5.75 Å². The van der Waals surface area contributed by atoms with Gasteiger partial charge in [-0.05, 0) is 50.5 Å². The number of aryl methyl sites for hydroxylation is 2. The number of benzene rings is 1. The molecule has 2 amide bonds. The maximum absolute atomic E-state index is 12.3. The van der Waals surface area contributed by atoms with Crippen LogP contribution in [0.5, 0.6) is 0 Å². The molecule has 6 heteroatoms. The summed E-state index contributed by atoms with van der Waals surface area (Å²) in [5.41, 5.74) is 8.72. The zero-order valence-corrected chi connectivity index (χ0v) is 15.8. The first kappa shape index (κ1) is 18.5. The van der Waals surface area contributed by atoms with Crippen molar-refractivity contribution in [3.05, 3.63) is 47.5 Å². The molecule has 1 heterocycles. The number of thioether (sulfide) groups is 1. The van der Waals surface area contributed by atoms with Crippen molar-refractivity contribution in [2.45, 2.75) is 37.8 Å². The number of nitrogens with zero attached hydrogens (tertiary/aromatic N) is 1. The van der Waals surface area contributed by atoms with Crippen LogP contribution in [0.15, 0.2) is 41.4 Å². The van der Waals surface area contributed by atoms with E-state index in [0.717, 1.165) is 21.5 Å². The molecule has 3 rings (SSSR count). The smallest absolute Gasteiger partial charge is 0.230 e. The number of hydrogen-bond acceptors (Lipinski definition) is 4. The molecule has 1 aliphatic carbocycles. The van der Waals surface area contributed by atoms with Gasteiger partial charge in [0, 0.05) is 11.4 Å². The molecule has 0 unspecified atom stereocenters. The summed E-state index contributed by atoms with van der Waals surface area (Å²) >= 11 is 1.40. The summed E-state index contributed by atoms with van der Waals surface area (Å²) in [6, 6.07) is 7.96.